The molecule has 0 amide bonds. The zero-order chi connectivity index (χ0) is 14.1. The maximum Gasteiger partial charge on any atom is 0.433 e. The van der Waals surface area contributed by atoms with Crippen molar-refractivity contribution < 1.29 is 9.34 Å². The Bertz CT molecular complexity index is 734. The molecule has 3 rings (SSSR count). The number of aromatic nitrogens is 1. The van der Waals surface area contributed by atoms with Crippen molar-refractivity contribution in [2.75, 3.05) is 0 Å². The van der Waals surface area contributed by atoms with Crippen LogP contribution in [-0.4, -0.2) is 9.91 Å². The molecule has 20 heavy (non-hydrogen) atoms. The summed E-state index contributed by atoms with van der Waals surface area (Å²) >= 11 is 1.41. The van der Waals surface area contributed by atoms with Gasteiger partial charge in [0.2, 0.25) is 0 Å². The minimum atomic E-state index is -0.613. The van der Waals surface area contributed by atoms with Crippen molar-refractivity contribution in [3.05, 3.63) is 44.1 Å². The Morgan fingerprint density at radius 2 is 2.40 bits per heavy atom. The Hall–Kier alpha value is -2.46. The van der Waals surface area contributed by atoms with Gasteiger partial charge in [0.1, 0.15) is 21.8 Å². The molecule has 0 unspecified atom stereocenters. The largest absolute Gasteiger partial charge is 0.433 e. The fraction of sp³-hybridized carbons (Fsp3) is 0.231. The van der Waals surface area contributed by atoms with Crippen molar-refractivity contribution in [2.24, 2.45) is 0 Å². The molecule has 1 saturated carbocycles. The van der Waals surface area contributed by atoms with Crippen molar-refractivity contribution in [3.63, 3.8) is 0 Å². The molecule has 2 aromatic heterocycles. The number of nitriles is 1. The summed E-state index contributed by atoms with van der Waals surface area (Å²) in [6, 6.07) is 4.78. The van der Waals surface area contributed by atoms with E-state index in [1.807, 2.05) is 5.38 Å². The first kappa shape index (κ1) is 12.6. The Morgan fingerprint density at radius 1 is 1.60 bits per heavy atom. The summed E-state index contributed by atoms with van der Waals surface area (Å²) in [7, 11) is 0. The molecule has 0 saturated heterocycles. The summed E-state index contributed by atoms with van der Waals surface area (Å²) in [5.41, 5.74) is 1.38. The van der Waals surface area contributed by atoms with Crippen molar-refractivity contribution >= 4 is 28.9 Å². The number of nitro groups is 1. The Balaban J connectivity index is 1.89. The number of nitrogens with zero attached hydrogens (tertiary/aromatic N) is 3. The molecule has 0 spiro atoms. The quantitative estimate of drug-likeness (QED) is 0.486. The van der Waals surface area contributed by atoms with Crippen molar-refractivity contribution in [1.29, 1.82) is 5.26 Å². The van der Waals surface area contributed by atoms with Gasteiger partial charge in [0.05, 0.1) is 17.3 Å². The Morgan fingerprint density at radius 3 is 3.00 bits per heavy atom. The minimum Gasteiger partial charge on any atom is -0.401 e. The third-order valence-electron chi connectivity index (χ3n) is 2.95. The fourth-order valence-electron chi connectivity index (χ4n) is 1.78. The molecule has 0 bridgehead atoms. The first-order chi connectivity index (χ1) is 9.67. The van der Waals surface area contributed by atoms with E-state index in [4.69, 9.17) is 4.42 Å². The number of allylic oxidation sites excluding steroid dienone is 1. The lowest BCUT2D eigenvalue weighted by atomic mass is 10.2. The van der Waals surface area contributed by atoms with Crippen LogP contribution in [0.3, 0.4) is 0 Å². The van der Waals surface area contributed by atoms with Crippen LogP contribution < -0.4 is 0 Å². The zero-order valence-electron chi connectivity index (χ0n) is 10.3. The van der Waals surface area contributed by atoms with E-state index in [1.165, 1.54) is 29.5 Å². The van der Waals surface area contributed by atoms with Crippen LogP contribution in [0.1, 0.15) is 35.2 Å². The summed E-state index contributed by atoms with van der Waals surface area (Å²) < 4.78 is 5.02. The molecule has 6 nitrogen and oxygen atoms in total. The fourth-order valence-corrected chi connectivity index (χ4v) is 2.65. The average Bonchev–Trinajstić information content (AvgIpc) is 2.99. The first-order valence-electron chi connectivity index (χ1n) is 5.99. The third kappa shape index (κ3) is 2.46. The maximum absolute atomic E-state index is 10.5. The van der Waals surface area contributed by atoms with E-state index < -0.39 is 4.92 Å². The van der Waals surface area contributed by atoms with E-state index in [1.54, 1.807) is 0 Å². The van der Waals surface area contributed by atoms with Crippen LogP contribution in [0, 0.1) is 21.4 Å². The molecule has 2 heterocycles. The highest BCUT2D eigenvalue weighted by Gasteiger charge is 2.26. The molecule has 1 aliphatic rings. The van der Waals surface area contributed by atoms with E-state index in [2.05, 4.69) is 11.1 Å². The lowest BCUT2D eigenvalue weighted by molar-refractivity contribution is -0.402. The van der Waals surface area contributed by atoms with Gasteiger partial charge in [-0.25, -0.2) is 4.98 Å². The lowest BCUT2D eigenvalue weighted by Gasteiger charge is -1.91. The van der Waals surface area contributed by atoms with Gasteiger partial charge in [-0.1, -0.05) is 0 Å². The number of thiazole rings is 1. The molecular formula is C13H9N3O3S. The predicted molar refractivity (Wildman–Crippen MR) is 72.9 cm³/mol. The normalized spacial score (nSPS) is 15.1. The molecule has 0 N–H and O–H groups in total. The number of hydrogen-bond donors (Lipinski definition) is 0. The van der Waals surface area contributed by atoms with Gasteiger partial charge in [-0.15, -0.1) is 11.3 Å². The van der Waals surface area contributed by atoms with Gasteiger partial charge in [0.15, 0.2) is 0 Å². The van der Waals surface area contributed by atoms with Gasteiger partial charge < -0.3 is 4.42 Å². The summed E-state index contributed by atoms with van der Waals surface area (Å²) in [5.74, 6) is 0.465. The molecule has 0 aliphatic heterocycles. The van der Waals surface area contributed by atoms with Crippen LogP contribution in [0.25, 0.3) is 11.6 Å². The van der Waals surface area contributed by atoms with Crippen LogP contribution in [0.2, 0.25) is 0 Å². The van der Waals surface area contributed by atoms with Gasteiger partial charge in [0.25, 0.3) is 0 Å². The molecule has 1 fully saturated rings. The van der Waals surface area contributed by atoms with Crippen LogP contribution in [-0.2, 0) is 0 Å². The van der Waals surface area contributed by atoms with E-state index in [9.17, 15) is 15.4 Å². The molecule has 0 atom stereocenters. The average molecular weight is 287 g/mol. The molecule has 2 aromatic rings. The highest BCUT2D eigenvalue weighted by atomic mass is 32.1. The van der Waals surface area contributed by atoms with Crippen LogP contribution in [0.5, 0.6) is 0 Å². The van der Waals surface area contributed by atoms with Gasteiger partial charge in [-0.2, -0.15) is 5.26 Å². The van der Waals surface area contributed by atoms with Gasteiger partial charge >= 0.3 is 5.88 Å². The first-order valence-corrected chi connectivity index (χ1v) is 6.87. The maximum atomic E-state index is 10.5. The molecular weight excluding hydrogens is 278 g/mol. The third-order valence-corrected chi connectivity index (χ3v) is 3.84. The monoisotopic (exact) mass is 287 g/mol. The smallest absolute Gasteiger partial charge is 0.401 e. The van der Waals surface area contributed by atoms with E-state index in [0.717, 1.165) is 18.5 Å². The van der Waals surface area contributed by atoms with Crippen LogP contribution >= 0.6 is 11.3 Å². The van der Waals surface area contributed by atoms with Crippen LogP contribution in [0.15, 0.2) is 21.9 Å². The number of hydrogen-bond acceptors (Lipinski definition) is 6. The topological polar surface area (TPSA) is 93.0 Å². The standard InChI is InChI=1S/C13H9N3O3S/c14-6-9(5-10-3-4-12(19-10)16(17)18)13-15-11(7-20-13)8-1-2-8/h3-5,7-8H,1-2H2. The second kappa shape index (κ2) is 4.90. The zero-order valence-corrected chi connectivity index (χ0v) is 11.1. The molecule has 0 radical (unpaired) electrons. The predicted octanol–water partition coefficient (Wildman–Crippen LogP) is 3.59. The number of furan rings is 1. The van der Waals surface area contributed by atoms with Crippen molar-refractivity contribution in [3.8, 4) is 6.07 Å². The molecule has 100 valence electrons. The molecule has 7 heteroatoms. The summed E-state index contributed by atoms with van der Waals surface area (Å²) in [6.45, 7) is 0. The lowest BCUT2D eigenvalue weighted by Crippen LogP contribution is -1.84. The second-order valence-corrected chi connectivity index (χ2v) is 5.31. The summed E-state index contributed by atoms with van der Waals surface area (Å²) in [4.78, 5) is 14.4. The molecule has 1 aliphatic carbocycles. The Kier molecular flexibility index (Phi) is 3.08. The second-order valence-electron chi connectivity index (χ2n) is 4.45. The van der Waals surface area contributed by atoms with E-state index >= 15 is 0 Å². The van der Waals surface area contributed by atoms with Crippen molar-refractivity contribution in [1.82, 2.24) is 4.98 Å². The van der Waals surface area contributed by atoms with Gasteiger partial charge in [-0.3, -0.25) is 10.1 Å². The Labute approximate surface area is 118 Å². The number of rotatable bonds is 4. The highest BCUT2D eigenvalue weighted by molar-refractivity contribution is 7.11. The van der Waals surface area contributed by atoms with Crippen molar-refractivity contribution in [2.45, 2.75) is 18.8 Å². The summed E-state index contributed by atoms with van der Waals surface area (Å²) in [6.07, 6.45) is 3.78. The summed E-state index contributed by atoms with van der Waals surface area (Å²) in [5, 5.41) is 22.3. The SMILES string of the molecule is N#CC(=Cc1ccc([N+](=O)[O-])o1)c1nc(C2CC2)cs1. The van der Waals surface area contributed by atoms with Crippen LogP contribution in [0.4, 0.5) is 5.88 Å². The van der Waals surface area contributed by atoms with E-state index in [-0.39, 0.29) is 11.6 Å². The molecule has 0 aromatic carbocycles. The van der Waals surface area contributed by atoms with E-state index in [0.29, 0.717) is 16.5 Å². The van der Waals surface area contributed by atoms with Gasteiger partial charge in [-0.05, 0) is 18.9 Å². The minimum absolute atomic E-state index is 0.274. The van der Waals surface area contributed by atoms with Gasteiger partial charge in [0, 0.05) is 17.4 Å². The highest BCUT2D eigenvalue weighted by Crippen LogP contribution is 2.41.